The topological polar surface area (TPSA) is 41.9 Å². The van der Waals surface area contributed by atoms with Crippen molar-refractivity contribution in [3.05, 3.63) is 200 Å². The van der Waals surface area contributed by atoms with Gasteiger partial charge in [0.15, 0.2) is 17.5 Å². The molecule has 2 aliphatic rings. The molecule has 0 saturated heterocycles. The van der Waals surface area contributed by atoms with Crippen LogP contribution in [0.15, 0.2) is 168 Å². The normalized spacial score (nSPS) is 13.7. The third kappa shape index (κ3) is 4.56. The van der Waals surface area contributed by atoms with Gasteiger partial charge < -0.3 is 4.90 Å². The smallest absolute Gasteiger partial charge is 0.164 e. The molecule has 1 aliphatic heterocycles. The molecule has 0 N–H and O–H groups in total. The summed E-state index contributed by atoms with van der Waals surface area (Å²) in [5.41, 5.74) is 11.4. The molecule has 1 spiro atoms. The Morgan fingerprint density at radius 1 is 0.453 bits per heavy atom. The van der Waals surface area contributed by atoms with Gasteiger partial charge in [0.05, 0.1) is 22.5 Å². The molecular formula is C47H30N4S2. The number of nitrogens with zero attached hydrogens (tertiary/aromatic N) is 4. The van der Waals surface area contributed by atoms with Crippen molar-refractivity contribution < 1.29 is 0 Å². The Morgan fingerprint density at radius 3 is 1.72 bits per heavy atom. The molecule has 9 aromatic rings. The Balaban J connectivity index is 1.17. The molecule has 0 unspecified atom stereocenters. The number of hydrogen-bond acceptors (Lipinski definition) is 6. The van der Waals surface area contributed by atoms with Crippen molar-refractivity contribution >= 4 is 50.5 Å². The zero-order valence-corrected chi connectivity index (χ0v) is 30.1. The molecule has 11 rings (SSSR count). The van der Waals surface area contributed by atoms with Gasteiger partial charge in [-0.25, -0.2) is 15.0 Å². The Bertz CT molecular complexity index is 2730. The average molecular weight is 715 g/mol. The second kappa shape index (κ2) is 11.9. The quantitative estimate of drug-likeness (QED) is 0.182. The molecule has 53 heavy (non-hydrogen) atoms. The van der Waals surface area contributed by atoms with Crippen LogP contribution in [0.4, 0.5) is 17.1 Å². The zero-order chi connectivity index (χ0) is 34.9. The summed E-state index contributed by atoms with van der Waals surface area (Å²) in [5.74, 6) is 1.99. The summed E-state index contributed by atoms with van der Waals surface area (Å²) in [6.07, 6.45) is 0.865. The van der Waals surface area contributed by atoms with Gasteiger partial charge in [0.1, 0.15) is 0 Å². The third-order valence-corrected chi connectivity index (χ3v) is 12.8. The fraction of sp³-hybridized carbons (Fsp3) is 0.0426. The molecule has 0 bridgehead atoms. The van der Waals surface area contributed by atoms with Gasteiger partial charge in [-0.1, -0.05) is 133 Å². The van der Waals surface area contributed by atoms with Gasteiger partial charge in [-0.3, -0.25) is 0 Å². The number of benzene rings is 6. The second-order valence-electron chi connectivity index (χ2n) is 13.6. The average Bonchev–Trinajstić information content (AvgIpc) is 3.93. The fourth-order valence-corrected chi connectivity index (χ4v) is 10.7. The molecule has 6 heteroatoms. The Labute approximate surface area is 315 Å². The van der Waals surface area contributed by atoms with E-state index >= 15 is 0 Å². The van der Waals surface area contributed by atoms with Crippen molar-refractivity contribution in [1.82, 2.24) is 15.0 Å². The van der Waals surface area contributed by atoms with E-state index < -0.39 is 5.41 Å². The first kappa shape index (κ1) is 30.4. The fourth-order valence-electron chi connectivity index (χ4n) is 8.45. The lowest BCUT2D eigenvalue weighted by Crippen LogP contribution is -2.39. The van der Waals surface area contributed by atoms with E-state index in [4.69, 9.17) is 15.0 Å². The van der Waals surface area contributed by atoms with E-state index in [1.54, 1.807) is 0 Å². The van der Waals surface area contributed by atoms with Crippen LogP contribution in [-0.4, -0.2) is 15.0 Å². The van der Waals surface area contributed by atoms with Gasteiger partial charge in [-0.2, -0.15) is 0 Å². The van der Waals surface area contributed by atoms with Crippen LogP contribution in [0.5, 0.6) is 0 Å². The van der Waals surface area contributed by atoms with Crippen LogP contribution < -0.4 is 4.90 Å². The first-order valence-electron chi connectivity index (χ1n) is 17.8. The zero-order valence-electron chi connectivity index (χ0n) is 28.5. The maximum atomic E-state index is 5.15. The maximum Gasteiger partial charge on any atom is 0.164 e. The molecule has 6 aromatic carbocycles. The van der Waals surface area contributed by atoms with Gasteiger partial charge in [-0.05, 0) is 69.1 Å². The number of hydrogen-bond donors (Lipinski definition) is 0. The molecule has 3 aromatic heterocycles. The molecule has 4 nitrogen and oxygen atoms in total. The highest BCUT2D eigenvalue weighted by Gasteiger charge is 2.52. The van der Waals surface area contributed by atoms with Crippen LogP contribution in [0, 0.1) is 0 Å². The Kier molecular flexibility index (Phi) is 6.84. The van der Waals surface area contributed by atoms with Crippen molar-refractivity contribution in [2.45, 2.75) is 11.8 Å². The lowest BCUT2D eigenvalue weighted by atomic mass is 9.63. The molecule has 0 atom stereocenters. The van der Waals surface area contributed by atoms with Crippen LogP contribution in [0.2, 0.25) is 0 Å². The van der Waals surface area contributed by atoms with Gasteiger partial charge in [0.2, 0.25) is 0 Å². The minimum Gasteiger partial charge on any atom is -0.308 e. The van der Waals surface area contributed by atoms with Crippen LogP contribution in [0.1, 0.15) is 32.0 Å². The summed E-state index contributed by atoms with van der Waals surface area (Å²) >= 11 is 3.71. The molecule has 0 radical (unpaired) electrons. The molecule has 4 heterocycles. The first-order valence-corrected chi connectivity index (χ1v) is 19.6. The van der Waals surface area contributed by atoms with Crippen molar-refractivity contribution in [2.24, 2.45) is 0 Å². The van der Waals surface area contributed by atoms with Crippen LogP contribution >= 0.6 is 22.7 Å². The van der Waals surface area contributed by atoms with Crippen LogP contribution in [0.3, 0.4) is 0 Å². The minimum atomic E-state index is -0.508. The molecule has 0 saturated carbocycles. The molecular weight excluding hydrogens is 685 g/mol. The third-order valence-electron chi connectivity index (χ3n) is 10.7. The van der Waals surface area contributed by atoms with E-state index in [0.717, 1.165) is 23.1 Å². The van der Waals surface area contributed by atoms with Gasteiger partial charge >= 0.3 is 0 Å². The standard InChI is InChI=1S/C47H30N4S2/c1-3-13-31(14-4-1)44-48-45(32-15-5-2-6-16-32)50-46(49-44)35-23-22-34-28-33-17-8-10-20-37(33)47(38(34)29-35)42-40(24-26-52-42)51(41-25-27-53-43(41)47)39-21-11-18-30-12-7-9-19-36(30)39/h1-27,29H,28H2. The summed E-state index contributed by atoms with van der Waals surface area (Å²) in [7, 11) is 0. The summed E-state index contributed by atoms with van der Waals surface area (Å²) in [6.45, 7) is 0. The van der Waals surface area contributed by atoms with E-state index in [1.165, 1.54) is 59.8 Å². The SMILES string of the molecule is c1ccc(-c2nc(-c3ccccc3)nc(-c3ccc4c(c3)C3(c5ccccc5C4)c4sccc4N(c4cccc5ccccc45)c4ccsc43)n2)cc1. The highest BCUT2D eigenvalue weighted by Crippen LogP contribution is 2.63. The molecule has 250 valence electrons. The number of thiophene rings is 2. The first-order chi connectivity index (χ1) is 26.3. The van der Waals surface area contributed by atoms with Crippen molar-refractivity contribution in [1.29, 1.82) is 0 Å². The van der Waals surface area contributed by atoms with Crippen molar-refractivity contribution in [3.8, 4) is 34.2 Å². The summed E-state index contributed by atoms with van der Waals surface area (Å²) < 4.78 is 0. The van der Waals surface area contributed by atoms with E-state index in [0.29, 0.717) is 17.5 Å². The number of aromatic nitrogens is 3. The van der Waals surface area contributed by atoms with Gasteiger partial charge in [-0.15, -0.1) is 22.7 Å². The number of rotatable bonds is 4. The van der Waals surface area contributed by atoms with E-state index in [9.17, 15) is 0 Å². The Morgan fingerprint density at radius 2 is 1.02 bits per heavy atom. The second-order valence-corrected chi connectivity index (χ2v) is 15.4. The van der Waals surface area contributed by atoms with E-state index in [2.05, 4.69) is 137 Å². The monoisotopic (exact) mass is 714 g/mol. The largest absolute Gasteiger partial charge is 0.308 e. The summed E-state index contributed by atoms with van der Waals surface area (Å²) in [4.78, 5) is 20.4. The predicted molar refractivity (Wildman–Crippen MR) is 219 cm³/mol. The minimum absolute atomic E-state index is 0.508. The maximum absolute atomic E-state index is 5.15. The van der Waals surface area contributed by atoms with Crippen LogP contribution in [0.25, 0.3) is 44.9 Å². The van der Waals surface area contributed by atoms with Gasteiger partial charge in [0, 0.05) is 31.8 Å². The van der Waals surface area contributed by atoms with Crippen LogP contribution in [-0.2, 0) is 11.8 Å². The highest BCUT2D eigenvalue weighted by atomic mass is 32.1. The number of anilines is 3. The summed E-state index contributed by atoms with van der Waals surface area (Å²) in [5, 5.41) is 7.02. The predicted octanol–water partition coefficient (Wildman–Crippen LogP) is 12.2. The molecule has 1 aliphatic carbocycles. The van der Waals surface area contributed by atoms with Crippen molar-refractivity contribution in [2.75, 3.05) is 4.90 Å². The lowest BCUT2D eigenvalue weighted by Gasteiger charge is -2.46. The molecule has 0 amide bonds. The lowest BCUT2D eigenvalue weighted by molar-refractivity contribution is 0.723. The molecule has 0 fully saturated rings. The van der Waals surface area contributed by atoms with Crippen molar-refractivity contribution in [3.63, 3.8) is 0 Å². The summed E-state index contributed by atoms with van der Waals surface area (Å²) in [6, 6.07) is 56.4. The Hall–Kier alpha value is -6.21. The highest BCUT2D eigenvalue weighted by molar-refractivity contribution is 7.13. The number of fused-ring (bicyclic) bond motifs is 9. The van der Waals surface area contributed by atoms with Gasteiger partial charge in [0.25, 0.3) is 0 Å². The van der Waals surface area contributed by atoms with E-state index in [-0.39, 0.29) is 0 Å². The van der Waals surface area contributed by atoms with E-state index in [1.807, 2.05) is 59.1 Å².